The third-order valence-electron chi connectivity index (χ3n) is 3.03. The van der Waals surface area contributed by atoms with Crippen molar-refractivity contribution in [1.29, 1.82) is 0 Å². The van der Waals surface area contributed by atoms with Gasteiger partial charge in [0.2, 0.25) is 5.91 Å². The Morgan fingerprint density at radius 2 is 2.41 bits per heavy atom. The molecule has 0 radical (unpaired) electrons. The van der Waals surface area contributed by atoms with Crippen molar-refractivity contribution >= 4 is 11.7 Å². The molecule has 0 aliphatic carbocycles. The molecule has 2 rings (SSSR count). The number of carbonyl (C=O) groups is 1. The number of hydrogen-bond acceptors (Lipinski definition) is 4. The summed E-state index contributed by atoms with van der Waals surface area (Å²) in [6, 6.07) is -0.455. The number of primary amides is 1. The molecule has 0 saturated carbocycles. The van der Waals surface area contributed by atoms with Crippen LogP contribution >= 0.6 is 0 Å². The number of hydrogen-bond donors (Lipinski definition) is 1. The van der Waals surface area contributed by atoms with Gasteiger partial charge in [-0.15, -0.1) is 0 Å². The fraction of sp³-hybridized carbons (Fsp3) is 0.545. The maximum atomic E-state index is 14.0. The molecule has 92 valence electrons. The zero-order valence-electron chi connectivity index (χ0n) is 9.69. The Labute approximate surface area is 98.8 Å². The first kappa shape index (κ1) is 11.8. The predicted octanol–water partition coefficient (Wildman–Crippen LogP) is 0.632. The maximum Gasteiger partial charge on any atom is 0.240 e. The van der Waals surface area contributed by atoms with Gasteiger partial charge < -0.3 is 10.6 Å². The molecule has 0 aromatic carbocycles. The standard InChI is InChI=1S/C11H15FN4O/c1-2-7-9(12)11(15-6-14-7)16-5-3-4-8(16)10(13)17/h6,8H,2-5H2,1H3,(H2,13,17). The van der Waals surface area contributed by atoms with E-state index in [1.165, 1.54) is 6.33 Å². The summed E-state index contributed by atoms with van der Waals surface area (Å²) in [7, 11) is 0. The molecule has 2 heterocycles. The van der Waals surface area contributed by atoms with Gasteiger partial charge in [-0.2, -0.15) is 0 Å². The highest BCUT2D eigenvalue weighted by Crippen LogP contribution is 2.26. The topological polar surface area (TPSA) is 72.1 Å². The lowest BCUT2D eigenvalue weighted by Crippen LogP contribution is -2.41. The Hall–Kier alpha value is -1.72. The summed E-state index contributed by atoms with van der Waals surface area (Å²) < 4.78 is 14.0. The first-order chi connectivity index (χ1) is 8.15. The number of nitrogens with zero attached hydrogens (tertiary/aromatic N) is 3. The summed E-state index contributed by atoms with van der Waals surface area (Å²) in [4.78, 5) is 20.7. The minimum absolute atomic E-state index is 0.193. The number of halogens is 1. The van der Waals surface area contributed by atoms with Gasteiger partial charge in [-0.3, -0.25) is 4.79 Å². The Balaban J connectivity index is 2.36. The predicted molar refractivity (Wildman–Crippen MR) is 60.9 cm³/mol. The Kier molecular flexibility index (Phi) is 3.21. The molecule has 17 heavy (non-hydrogen) atoms. The van der Waals surface area contributed by atoms with Crippen molar-refractivity contribution in [2.75, 3.05) is 11.4 Å². The summed E-state index contributed by atoms with van der Waals surface area (Å²) in [5.74, 6) is -0.681. The number of carbonyl (C=O) groups excluding carboxylic acids is 1. The smallest absolute Gasteiger partial charge is 0.240 e. The first-order valence-electron chi connectivity index (χ1n) is 5.70. The van der Waals surface area contributed by atoms with Gasteiger partial charge in [0.1, 0.15) is 12.4 Å². The number of amides is 1. The highest BCUT2D eigenvalue weighted by atomic mass is 19.1. The number of nitrogens with two attached hydrogens (primary N) is 1. The van der Waals surface area contributed by atoms with Crippen LogP contribution in [0.4, 0.5) is 10.2 Å². The highest BCUT2D eigenvalue weighted by Gasteiger charge is 2.32. The lowest BCUT2D eigenvalue weighted by molar-refractivity contribution is -0.119. The Bertz CT molecular complexity index is 437. The summed E-state index contributed by atoms with van der Waals surface area (Å²) in [6.45, 7) is 2.43. The van der Waals surface area contributed by atoms with Crippen LogP contribution in [0.5, 0.6) is 0 Å². The van der Waals surface area contributed by atoms with E-state index in [9.17, 15) is 9.18 Å². The molecular weight excluding hydrogens is 223 g/mol. The van der Waals surface area contributed by atoms with Crippen molar-refractivity contribution in [2.24, 2.45) is 5.73 Å². The van der Waals surface area contributed by atoms with Crippen LogP contribution < -0.4 is 10.6 Å². The van der Waals surface area contributed by atoms with E-state index in [2.05, 4.69) is 9.97 Å². The van der Waals surface area contributed by atoms with E-state index >= 15 is 0 Å². The number of anilines is 1. The first-order valence-corrected chi connectivity index (χ1v) is 5.70. The Morgan fingerprint density at radius 1 is 1.65 bits per heavy atom. The van der Waals surface area contributed by atoms with E-state index in [1.54, 1.807) is 4.90 Å². The monoisotopic (exact) mass is 238 g/mol. The van der Waals surface area contributed by atoms with E-state index in [4.69, 9.17) is 5.73 Å². The van der Waals surface area contributed by atoms with Gasteiger partial charge in [0.25, 0.3) is 0 Å². The van der Waals surface area contributed by atoms with Gasteiger partial charge in [-0.05, 0) is 19.3 Å². The van der Waals surface area contributed by atoms with Gasteiger partial charge in [0.05, 0.1) is 5.69 Å². The average molecular weight is 238 g/mol. The van der Waals surface area contributed by atoms with Gasteiger partial charge in [-0.25, -0.2) is 14.4 Å². The lowest BCUT2D eigenvalue weighted by atomic mass is 10.2. The zero-order chi connectivity index (χ0) is 12.4. The summed E-state index contributed by atoms with van der Waals surface area (Å²) in [6.07, 6.45) is 3.29. The molecule has 0 spiro atoms. The van der Waals surface area contributed by atoms with Crippen LogP contribution in [0.15, 0.2) is 6.33 Å². The number of aryl methyl sites for hydroxylation is 1. The van der Waals surface area contributed by atoms with E-state index < -0.39 is 17.8 Å². The molecule has 1 aliphatic heterocycles. The van der Waals surface area contributed by atoms with E-state index in [0.29, 0.717) is 25.1 Å². The SMILES string of the molecule is CCc1ncnc(N2CCCC2C(N)=O)c1F. The second kappa shape index (κ2) is 4.65. The van der Waals surface area contributed by atoms with Crippen LogP contribution in [-0.2, 0) is 11.2 Å². The number of aromatic nitrogens is 2. The molecule has 1 fully saturated rings. The quantitative estimate of drug-likeness (QED) is 0.838. The van der Waals surface area contributed by atoms with Gasteiger partial charge in [0.15, 0.2) is 11.6 Å². The molecular formula is C11H15FN4O. The summed E-state index contributed by atoms with van der Waals surface area (Å²) >= 11 is 0. The summed E-state index contributed by atoms with van der Waals surface area (Å²) in [5.41, 5.74) is 5.67. The van der Waals surface area contributed by atoms with Crippen molar-refractivity contribution in [3.8, 4) is 0 Å². The van der Waals surface area contributed by atoms with E-state index in [-0.39, 0.29) is 5.82 Å². The van der Waals surface area contributed by atoms with Crippen molar-refractivity contribution in [3.63, 3.8) is 0 Å². The molecule has 1 aromatic heterocycles. The van der Waals surface area contributed by atoms with Crippen molar-refractivity contribution in [3.05, 3.63) is 17.8 Å². The van der Waals surface area contributed by atoms with Crippen molar-refractivity contribution in [2.45, 2.75) is 32.2 Å². The molecule has 1 saturated heterocycles. The lowest BCUT2D eigenvalue weighted by Gasteiger charge is -2.23. The molecule has 6 heteroatoms. The molecule has 1 unspecified atom stereocenters. The fourth-order valence-electron chi connectivity index (χ4n) is 2.16. The van der Waals surface area contributed by atoms with Crippen LogP contribution in [0.1, 0.15) is 25.5 Å². The van der Waals surface area contributed by atoms with Gasteiger partial charge >= 0.3 is 0 Å². The molecule has 2 N–H and O–H groups in total. The van der Waals surface area contributed by atoms with Crippen LogP contribution in [-0.4, -0.2) is 28.5 Å². The molecule has 5 nitrogen and oxygen atoms in total. The summed E-state index contributed by atoms with van der Waals surface area (Å²) in [5, 5.41) is 0. The molecule has 0 bridgehead atoms. The van der Waals surface area contributed by atoms with Crippen LogP contribution in [0.3, 0.4) is 0 Å². The largest absolute Gasteiger partial charge is 0.368 e. The third-order valence-corrected chi connectivity index (χ3v) is 3.03. The molecule has 1 amide bonds. The second-order valence-corrected chi connectivity index (χ2v) is 4.07. The minimum Gasteiger partial charge on any atom is -0.368 e. The minimum atomic E-state index is -0.455. The van der Waals surface area contributed by atoms with E-state index in [1.807, 2.05) is 6.92 Å². The average Bonchev–Trinajstić information content (AvgIpc) is 2.78. The fourth-order valence-corrected chi connectivity index (χ4v) is 2.16. The second-order valence-electron chi connectivity index (χ2n) is 4.07. The molecule has 1 aromatic rings. The van der Waals surface area contributed by atoms with E-state index in [0.717, 1.165) is 6.42 Å². The van der Waals surface area contributed by atoms with Gasteiger partial charge in [0, 0.05) is 6.54 Å². The molecule has 1 aliphatic rings. The highest BCUT2D eigenvalue weighted by molar-refractivity contribution is 5.83. The normalized spacial score (nSPS) is 19.6. The molecule has 1 atom stereocenters. The van der Waals surface area contributed by atoms with Gasteiger partial charge in [-0.1, -0.05) is 6.92 Å². The zero-order valence-corrected chi connectivity index (χ0v) is 9.69. The van der Waals surface area contributed by atoms with Crippen molar-refractivity contribution in [1.82, 2.24) is 9.97 Å². The Morgan fingerprint density at radius 3 is 3.06 bits per heavy atom. The van der Waals surface area contributed by atoms with Crippen LogP contribution in [0.2, 0.25) is 0 Å². The number of rotatable bonds is 3. The van der Waals surface area contributed by atoms with Crippen LogP contribution in [0.25, 0.3) is 0 Å². The maximum absolute atomic E-state index is 14.0. The van der Waals surface area contributed by atoms with Crippen LogP contribution in [0, 0.1) is 5.82 Å². The third kappa shape index (κ3) is 2.07. The van der Waals surface area contributed by atoms with Crippen molar-refractivity contribution < 1.29 is 9.18 Å².